The van der Waals surface area contributed by atoms with Gasteiger partial charge in [-0.15, -0.1) is 0 Å². The molecule has 0 aromatic carbocycles. The number of amides is 4. The molecule has 0 bridgehead atoms. The average Bonchev–Trinajstić information content (AvgIpc) is 2.76. The van der Waals surface area contributed by atoms with Crippen LogP contribution in [0.5, 0.6) is 0 Å². The molecule has 2 heterocycles. The number of carbonyl (C=O) groups is 4. The summed E-state index contributed by atoms with van der Waals surface area (Å²) in [7, 11) is 0. The summed E-state index contributed by atoms with van der Waals surface area (Å²) in [4.78, 5) is 48.6. The van der Waals surface area contributed by atoms with Crippen LogP contribution in [0.25, 0.3) is 0 Å². The lowest BCUT2D eigenvalue weighted by Gasteiger charge is -2.17. The Morgan fingerprint density at radius 3 is 1.35 bits per heavy atom. The SMILES string of the molecule is CC1=CC(=O)N(CCCCN2C(=O)C=C(C)C2=O)C1=O. The van der Waals surface area contributed by atoms with Crippen molar-refractivity contribution in [3.05, 3.63) is 23.3 Å². The Morgan fingerprint density at radius 1 is 0.750 bits per heavy atom. The zero-order valence-corrected chi connectivity index (χ0v) is 11.5. The van der Waals surface area contributed by atoms with E-state index in [4.69, 9.17) is 0 Å². The number of nitrogens with zero attached hydrogens (tertiary/aromatic N) is 2. The van der Waals surface area contributed by atoms with Crippen molar-refractivity contribution in [3.63, 3.8) is 0 Å². The van der Waals surface area contributed by atoms with E-state index >= 15 is 0 Å². The standard InChI is InChI=1S/C14H16N2O4/c1-9-7-11(17)15(13(9)19)5-3-4-6-16-12(18)8-10(2)14(16)20/h7-8H,3-6H2,1-2H3. The van der Waals surface area contributed by atoms with Gasteiger partial charge in [-0.2, -0.15) is 0 Å². The number of rotatable bonds is 5. The fraction of sp³-hybridized carbons (Fsp3) is 0.429. The molecular weight excluding hydrogens is 260 g/mol. The molecule has 0 aliphatic carbocycles. The highest BCUT2D eigenvalue weighted by Crippen LogP contribution is 2.15. The van der Waals surface area contributed by atoms with Crippen LogP contribution >= 0.6 is 0 Å². The summed E-state index contributed by atoms with van der Waals surface area (Å²) in [6, 6.07) is 0. The molecule has 0 radical (unpaired) electrons. The van der Waals surface area contributed by atoms with E-state index in [1.54, 1.807) is 13.8 Å². The number of imide groups is 2. The van der Waals surface area contributed by atoms with E-state index in [-0.39, 0.29) is 23.6 Å². The van der Waals surface area contributed by atoms with Gasteiger partial charge in [0.2, 0.25) is 0 Å². The Kier molecular flexibility index (Phi) is 3.83. The van der Waals surface area contributed by atoms with Crippen LogP contribution in [0.4, 0.5) is 0 Å². The Hall–Kier alpha value is -2.24. The maximum Gasteiger partial charge on any atom is 0.256 e. The van der Waals surface area contributed by atoms with Gasteiger partial charge in [-0.05, 0) is 26.7 Å². The largest absolute Gasteiger partial charge is 0.275 e. The summed E-state index contributed by atoms with van der Waals surface area (Å²) in [5.74, 6) is -1.11. The predicted molar refractivity (Wildman–Crippen MR) is 70.2 cm³/mol. The number of hydrogen-bond acceptors (Lipinski definition) is 4. The molecule has 0 aromatic heterocycles. The molecule has 20 heavy (non-hydrogen) atoms. The smallest absolute Gasteiger partial charge is 0.256 e. The lowest BCUT2D eigenvalue weighted by atomic mass is 10.2. The molecule has 0 aromatic rings. The van der Waals surface area contributed by atoms with Gasteiger partial charge in [0.1, 0.15) is 0 Å². The molecule has 0 spiro atoms. The van der Waals surface area contributed by atoms with Crippen LogP contribution in [0.2, 0.25) is 0 Å². The van der Waals surface area contributed by atoms with Gasteiger partial charge in [-0.1, -0.05) is 0 Å². The minimum absolute atomic E-state index is 0.263. The summed E-state index contributed by atoms with van der Waals surface area (Å²) in [6.45, 7) is 3.84. The second-order valence-electron chi connectivity index (χ2n) is 4.95. The highest BCUT2D eigenvalue weighted by Gasteiger charge is 2.29. The summed E-state index contributed by atoms with van der Waals surface area (Å²) in [5.41, 5.74) is 0.888. The van der Waals surface area contributed by atoms with Crippen LogP contribution in [0.15, 0.2) is 23.3 Å². The van der Waals surface area contributed by atoms with Gasteiger partial charge in [0, 0.05) is 36.4 Å². The van der Waals surface area contributed by atoms with E-state index in [9.17, 15) is 19.2 Å². The van der Waals surface area contributed by atoms with Gasteiger partial charge >= 0.3 is 0 Å². The van der Waals surface area contributed by atoms with Crippen LogP contribution in [0.3, 0.4) is 0 Å². The lowest BCUT2D eigenvalue weighted by molar-refractivity contribution is -0.139. The summed E-state index contributed by atoms with van der Waals surface area (Å²) >= 11 is 0. The van der Waals surface area contributed by atoms with Crippen molar-refractivity contribution < 1.29 is 19.2 Å². The van der Waals surface area contributed by atoms with E-state index in [1.807, 2.05) is 0 Å². The normalized spacial score (nSPS) is 19.1. The van der Waals surface area contributed by atoms with Crippen LogP contribution < -0.4 is 0 Å². The highest BCUT2D eigenvalue weighted by atomic mass is 16.2. The van der Waals surface area contributed by atoms with Crippen LogP contribution in [-0.2, 0) is 19.2 Å². The fourth-order valence-corrected chi connectivity index (χ4v) is 2.24. The third-order valence-corrected chi connectivity index (χ3v) is 3.39. The minimum atomic E-state index is -0.293. The van der Waals surface area contributed by atoms with Gasteiger partial charge in [0.05, 0.1) is 0 Å². The van der Waals surface area contributed by atoms with E-state index in [0.717, 1.165) is 0 Å². The quantitative estimate of drug-likeness (QED) is 0.538. The lowest BCUT2D eigenvalue weighted by Crippen LogP contribution is -2.34. The van der Waals surface area contributed by atoms with Crippen molar-refractivity contribution in [3.8, 4) is 0 Å². The number of unbranched alkanes of at least 4 members (excludes halogenated alkanes) is 1. The first kappa shape index (κ1) is 14.2. The molecule has 6 heteroatoms. The fourth-order valence-electron chi connectivity index (χ4n) is 2.24. The third kappa shape index (κ3) is 2.54. The van der Waals surface area contributed by atoms with E-state index in [1.165, 1.54) is 22.0 Å². The van der Waals surface area contributed by atoms with E-state index in [0.29, 0.717) is 37.1 Å². The Labute approximate surface area is 116 Å². The zero-order valence-electron chi connectivity index (χ0n) is 11.5. The molecule has 4 amide bonds. The van der Waals surface area contributed by atoms with Gasteiger partial charge in [-0.3, -0.25) is 29.0 Å². The molecule has 6 nitrogen and oxygen atoms in total. The second kappa shape index (κ2) is 5.40. The Balaban J connectivity index is 1.76. The van der Waals surface area contributed by atoms with Crippen molar-refractivity contribution in [2.45, 2.75) is 26.7 Å². The molecule has 2 rings (SSSR count). The van der Waals surface area contributed by atoms with Gasteiger partial charge in [0.25, 0.3) is 23.6 Å². The van der Waals surface area contributed by atoms with Crippen molar-refractivity contribution >= 4 is 23.6 Å². The average molecular weight is 276 g/mol. The Morgan fingerprint density at radius 2 is 1.10 bits per heavy atom. The molecule has 0 saturated heterocycles. The van der Waals surface area contributed by atoms with E-state index in [2.05, 4.69) is 0 Å². The zero-order chi connectivity index (χ0) is 14.9. The van der Waals surface area contributed by atoms with E-state index < -0.39 is 0 Å². The summed E-state index contributed by atoms with van der Waals surface area (Å²) in [5, 5.41) is 0. The predicted octanol–water partition coefficient (Wildman–Crippen LogP) is 0.397. The maximum absolute atomic E-state index is 11.6. The number of hydrogen-bond donors (Lipinski definition) is 0. The molecule has 0 unspecified atom stereocenters. The molecule has 0 atom stereocenters. The molecule has 2 aliphatic rings. The monoisotopic (exact) mass is 276 g/mol. The second-order valence-corrected chi connectivity index (χ2v) is 4.95. The van der Waals surface area contributed by atoms with Crippen molar-refractivity contribution in [2.24, 2.45) is 0 Å². The first-order valence-corrected chi connectivity index (χ1v) is 6.50. The maximum atomic E-state index is 11.6. The van der Waals surface area contributed by atoms with Crippen molar-refractivity contribution in [1.82, 2.24) is 9.80 Å². The third-order valence-electron chi connectivity index (χ3n) is 3.39. The van der Waals surface area contributed by atoms with Gasteiger partial charge in [0.15, 0.2) is 0 Å². The number of carbonyl (C=O) groups excluding carboxylic acids is 4. The molecule has 0 fully saturated rings. The first-order valence-electron chi connectivity index (χ1n) is 6.50. The molecule has 106 valence electrons. The molecule has 2 aliphatic heterocycles. The van der Waals surface area contributed by atoms with Crippen molar-refractivity contribution in [2.75, 3.05) is 13.1 Å². The molecular formula is C14H16N2O4. The van der Waals surface area contributed by atoms with Crippen LogP contribution in [0, 0.1) is 0 Å². The molecule has 0 saturated carbocycles. The van der Waals surface area contributed by atoms with Gasteiger partial charge in [-0.25, -0.2) is 0 Å². The summed E-state index contributed by atoms with van der Waals surface area (Å²) in [6.07, 6.45) is 3.77. The minimum Gasteiger partial charge on any atom is -0.275 e. The topological polar surface area (TPSA) is 74.8 Å². The highest BCUT2D eigenvalue weighted by molar-refractivity contribution is 6.16. The Bertz CT molecular complexity index is 510. The first-order chi connectivity index (χ1) is 9.41. The van der Waals surface area contributed by atoms with Crippen LogP contribution in [-0.4, -0.2) is 46.5 Å². The summed E-state index contributed by atoms with van der Waals surface area (Å²) < 4.78 is 0. The van der Waals surface area contributed by atoms with Crippen molar-refractivity contribution in [1.29, 1.82) is 0 Å². The van der Waals surface area contributed by atoms with Gasteiger partial charge < -0.3 is 0 Å². The molecule has 0 N–H and O–H groups in total. The van der Waals surface area contributed by atoms with Crippen LogP contribution in [0.1, 0.15) is 26.7 Å².